The Kier molecular flexibility index (Phi) is 22.6. The third kappa shape index (κ3) is 15.5. The van der Waals surface area contributed by atoms with Gasteiger partial charge in [-0.25, -0.2) is 24.7 Å². The molecule has 6 aliphatic carbocycles. The molecule has 0 spiro atoms. The van der Waals surface area contributed by atoms with Crippen LogP contribution < -0.4 is 5.32 Å². The summed E-state index contributed by atoms with van der Waals surface area (Å²) < 4.78 is 9.76. The van der Waals surface area contributed by atoms with E-state index in [0.717, 1.165) is 207 Å². The lowest BCUT2D eigenvalue weighted by Crippen LogP contribution is -2.52. The van der Waals surface area contributed by atoms with Crippen molar-refractivity contribution in [2.24, 2.45) is 41.4 Å². The van der Waals surface area contributed by atoms with Gasteiger partial charge in [0.2, 0.25) is 23.6 Å². The van der Waals surface area contributed by atoms with E-state index in [1.807, 2.05) is 86.3 Å². The number of hydrogen-bond acceptors (Lipinski definition) is 14. The summed E-state index contributed by atoms with van der Waals surface area (Å²) in [5.41, 5.74) is 19.9. The fraction of sp³-hybridized carbons (Fsp3) is 0.465. The zero-order valence-electron chi connectivity index (χ0n) is 73.1. The summed E-state index contributed by atoms with van der Waals surface area (Å²) >= 11 is 0. The van der Waals surface area contributed by atoms with Crippen LogP contribution in [0.3, 0.4) is 0 Å². The number of H-pyrrole nitrogens is 4. The molecule has 644 valence electrons. The Morgan fingerprint density at radius 1 is 0.427 bits per heavy atom. The van der Waals surface area contributed by atoms with E-state index in [1.165, 1.54) is 47.7 Å². The Bertz CT molecular complexity index is 5630. The SMILES string of the molecule is CCN(CC)[C@@H](C(=O)N1[C@@H]2C[C@@H]2C[C@H]1c1ncc(-c2ccc(-c3ccc4c(c3)CCCc3[nH]c([C@@H]5C[C@H]6C[C@H]6N5C(=O)[C@@H](c5ccccc5)N(CC)CC)nc3-4)cc2)[nH]1)c1ccccc1.COC(=O)C[C@H](C(=O)N1[C@@H]2C[C@@H]2C[C@H]1c1nc2c([nH]1)CCCc1cc(-c3ccc(-c4cnc([C@@H]5C[C@H]6C[C@H]6N5C(=O)[C@@H](NC(=O)OC)C(C)C)[nH]4)cc3)ccc1-2)C(C)C. The molecule has 4 aromatic heterocycles. The zero-order chi connectivity index (χ0) is 85.6. The minimum Gasteiger partial charge on any atom is -0.469 e. The topological polar surface area (TPSA) is 267 Å². The van der Waals surface area contributed by atoms with Crippen molar-refractivity contribution in [1.82, 2.24) is 74.6 Å². The molecule has 10 aromatic rings. The molecule has 4 saturated carbocycles. The van der Waals surface area contributed by atoms with Crippen molar-refractivity contribution >= 4 is 35.7 Å². The van der Waals surface area contributed by atoms with Crippen molar-refractivity contribution < 1.29 is 38.2 Å². The molecule has 0 bridgehead atoms. The number of nitrogens with zero attached hydrogens (tertiary/aromatic N) is 10. The van der Waals surface area contributed by atoms with E-state index in [9.17, 15) is 28.8 Å². The van der Waals surface area contributed by atoms with E-state index < -0.39 is 18.1 Å². The number of methoxy groups -OCH3 is 2. The summed E-state index contributed by atoms with van der Waals surface area (Å²) in [6.45, 7) is 19.7. The van der Waals surface area contributed by atoms with E-state index in [1.54, 1.807) is 0 Å². The normalized spacial score (nSPS) is 24.2. The van der Waals surface area contributed by atoms with Gasteiger partial charge in [0.15, 0.2) is 0 Å². The number of piperidine rings is 4. The lowest BCUT2D eigenvalue weighted by molar-refractivity contribution is -0.149. The predicted octanol–water partition coefficient (Wildman–Crippen LogP) is 17.3. The molecule has 8 heterocycles. The van der Waals surface area contributed by atoms with Crippen molar-refractivity contribution in [2.75, 3.05) is 40.4 Å². The molecule has 20 rings (SSSR count). The van der Waals surface area contributed by atoms with Gasteiger partial charge in [-0.3, -0.25) is 33.8 Å². The maximum atomic E-state index is 14.7. The summed E-state index contributed by atoms with van der Waals surface area (Å²) in [7, 11) is 2.68. The van der Waals surface area contributed by atoms with Gasteiger partial charge in [0.25, 0.3) is 0 Å². The summed E-state index contributed by atoms with van der Waals surface area (Å²) in [6.07, 6.45) is 16.9. The number of benzene rings is 6. The number of aromatic nitrogens is 8. The van der Waals surface area contributed by atoms with Crippen LogP contribution in [0.25, 0.3) is 67.3 Å². The fourth-order valence-corrected chi connectivity index (χ4v) is 22.0. The van der Waals surface area contributed by atoms with E-state index in [-0.39, 0.29) is 96.2 Å². The highest BCUT2D eigenvalue weighted by Crippen LogP contribution is 2.59. The highest BCUT2D eigenvalue weighted by Gasteiger charge is 2.60. The molecule has 23 nitrogen and oxygen atoms in total. The lowest BCUT2D eigenvalue weighted by atomic mass is 9.90. The molecule has 4 aliphatic heterocycles. The monoisotopic (exact) mass is 1670 g/mol. The number of imidazole rings is 4. The first kappa shape index (κ1) is 82.3. The number of carbonyl (C=O) groups excluding carboxylic acids is 6. The van der Waals surface area contributed by atoms with Crippen molar-refractivity contribution in [1.29, 1.82) is 0 Å². The van der Waals surface area contributed by atoms with Crippen LogP contribution in [-0.4, -0.2) is 176 Å². The van der Waals surface area contributed by atoms with Gasteiger partial charge >= 0.3 is 12.1 Å². The molecular weight excluding hydrogens is 1550 g/mol. The van der Waals surface area contributed by atoms with Crippen molar-refractivity contribution in [3.8, 4) is 67.3 Å². The van der Waals surface area contributed by atoms with Crippen molar-refractivity contribution in [3.63, 3.8) is 0 Å². The number of carbonyl (C=O) groups is 6. The molecule has 0 radical (unpaired) electrons. The zero-order valence-corrected chi connectivity index (χ0v) is 73.1. The van der Waals surface area contributed by atoms with Gasteiger partial charge < -0.3 is 54.3 Å². The molecule has 16 atom stereocenters. The number of amides is 5. The molecule has 5 amide bonds. The number of rotatable bonds is 25. The lowest BCUT2D eigenvalue weighted by Gasteiger charge is -2.35. The van der Waals surface area contributed by atoms with Crippen LogP contribution in [0.5, 0.6) is 0 Å². The third-order valence-electron chi connectivity index (χ3n) is 29.2. The quantitative estimate of drug-likeness (QED) is 0.0333. The number of aromatic amines is 4. The number of hydrogen-bond donors (Lipinski definition) is 5. The van der Waals surface area contributed by atoms with Gasteiger partial charge in [-0.2, -0.15) is 0 Å². The van der Waals surface area contributed by atoms with Gasteiger partial charge in [0, 0.05) is 46.7 Å². The standard InChI is InChI=1S/C55H62N8O2.C46H55N7O6/c1-5-60(6-2)50(36-16-11-9-12-17-36)54(64)62-45-29-40(45)31-47(62)52-56-33-44(58-52)35-24-22-34(23-25-35)38-26-27-42-39(28-38)20-15-21-43-49(42)59-53(57-43)48-32-41-30-46(41)63(48)55(65)51(61(7-3)8-4)37-18-13-10-14-19-37;1-23(2)32(21-39(54)58-5)44(55)52-35-17-30(35)20-38(52)43-48-33-9-7-8-28-16-27(14-15-31(28)41(33)50-43)25-10-12-26(13-11-25)34-22-47-42(49-34)37-19-29-18-36(29)53(37)45(56)40(24(3)4)51-46(57)59-6/h9-14,16-19,22-28,33,40-41,45-48,50-51H,5-8,15,20-21,29-32H2,1-4H3,(H,56,58)(H,57,59);10-16,22-24,29-30,32,35-38,40H,7-9,17-21H2,1-6H3,(H,47,49)(H,48,50)(H,51,57)/t40-,41-,45-,46-,47+,48+,50-,51-;29-,30-,32+,35-,36-,37+,38+,40+/m11/s1. The number of alkyl carbamates (subject to hydrolysis) is 1. The molecular formula is C101H117N15O8. The Morgan fingerprint density at radius 2 is 0.806 bits per heavy atom. The second-order valence-corrected chi connectivity index (χ2v) is 37.2. The highest BCUT2D eigenvalue weighted by molar-refractivity contribution is 5.89. The summed E-state index contributed by atoms with van der Waals surface area (Å²) in [6, 6.07) is 50.7. The third-order valence-corrected chi connectivity index (χ3v) is 29.2. The fourth-order valence-electron chi connectivity index (χ4n) is 22.0. The number of fused-ring (bicyclic) bond motifs is 10. The summed E-state index contributed by atoms with van der Waals surface area (Å²) in [5.74, 6) is 4.94. The number of nitrogens with one attached hydrogen (secondary N) is 5. The maximum Gasteiger partial charge on any atom is 0.407 e. The molecule has 5 N–H and O–H groups in total. The van der Waals surface area contributed by atoms with E-state index in [4.69, 9.17) is 29.4 Å². The van der Waals surface area contributed by atoms with Gasteiger partial charge in [0.1, 0.15) is 41.4 Å². The molecule has 4 saturated heterocycles. The maximum absolute atomic E-state index is 14.7. The largest absolute Gasteiger partial charge is 0.469 e. The van der Waals surface area contributed by atoms with Crippen LogP contribution in [0.2, 0.25) is 0 Å². The second-order valence-electron chi connectivity index (χ2n) is 37.2. The highest BCUT2D eigenvalue weighted by atomic mass is 16.5. The van der Waals surface area contributed by atoms with Crippen LogP contribution in [0.4, 0.5) is 4.79 Å². The molecule has 23 heteroatoms. The van der Waals surface area contributed by atoms with Crippen molar-refractivity contribution in [2.45, 2.75) is 218 Å². The van der Waals surface area contributed by atoms with Gasteiger partial charge in [-0.05, 0) is 207 Å². The minimum absolute atomic E-state index is 0.0175. The first-order chi connectivity index (χ1) is 60.3. The number of ether oxygens (including phenoxy) is 2. The Balaban J connectivity index is 0.000000163. The Labute approximate surface area is 726 Å². The van der Waals surface area contributed by atoms with Crippen LogP contribution in [-0.2, 0) is 59.1 Å². The Hall–Kier alpha value is -11.3. The van der Waals surface area contributed by atoms with Gasteiger partial charge in [-0.1, -0.05) is 201 Å². The number of likely N-dealkylation sites (tertiary alicyclic amines) is 4. The molecule has 8 fully saturated rings. The Morgan fingerprint density at radius 3 is 1.19 bits per heavy atom. The predicted molar refractivity (Wildman–Crippen MR) is 476 cm³/mol. The van der Waals surface area contributed by atoms with Crippen LogP contribution in [0.15, 0.2) is 158 Å². The van der Waals surface area contributed by atoms with Gasteiger partial charge in [-0.15, -0.1) is 0 Å². The van der Waals surface area contributed by atoms with Crippen molar-refractivity contribution in [3.05, 3.63) is 215 Å². The average Bonchev–Trinajstić information content (AvgIpc) is 1.58. The first-order valence-electron chi connectivity index (χ1n) is 45.8. The van der Waals surface area contributed by atoms with E-state index in [2.05, 4.69) is 182 Å². The van der Waals surface area contributed by atoms with Gasteiger partial charge in [0.05, 0.1) is 85.9 Å². The average molecular weight is 1670 g/mol. The number of aryl methyl sites for hydroxylation is 4. The van der Waals surface area contributed by atoms with Crippen LogP contribution in [0, 0.1) is 41.4 Å². The van der Waals surface area contributed by atoms with Crippen LogP contribution in [0.1, 0.15) is 219 Å². The molecule has 6 aromatic carbocycles. The van der Waals surface area contributed by atoms with E-state index >= 15 is 0 Å². The summed E-state index contributed by atoms with van der Waals surface area (Å²) in [4.78, 5) is 129. The second kappa shape index (κ2) is 34.0. The number of likely N-dealkylation sites (N-methyl/N-ethyl adjacent to an activating group) is 2. The summed E-state index contributed by atoms with van der Waals surface area (Å²) in [5, 5.41) is 2.75. The smallest absolute Gasteiger partial charge is 0.407 e. The van der Waals surface area contributed by atoms with Crippen LogP contribution >= 0.6 is 0 Å². The first-order valence-corrected chi connectivity index (χ1v) is 45.8. The minimum atomic E-state index is -0.674. The number of esters is 1. The van der Waals surface area contributed by atoms with E-state index in [0.29, 0.717) is 35.8 Å². The molecule has 124 heavy (non-hydrogen) atoms. The molecule has 0 unspecified atom stereocenters. The molecule has 10 aliphatic rings.